The fourth-order valence-corrected chi connectivity index (χ4v) is 3.38. The van der Waals surface area contributed by atoms with E-state index in [0.29, 0.717) is 34.8 Å². The molecule has 0 saturated heterocycles. The second kappa shape index (κ2) is 10.3. The quantitative estimate of drug-likeness (QED) is 0.346. The molecule has 0 aliphatic carbocycles. The zero-order valence-electron chi connectivity index (χ0n) is 17.9. The topological polar surface area (TPSA) is 117 Å². The highest BCUT2D eigenvalue weighted by molar-refractivity contribution is 5.90. The Hall–Kier alpha value is -4.33. The minimum absolute atomic E-state index is 0.165. The van der Waals surface area contributed by atoms with E-state index < -0.39 is 5.97 Å². The zero-order valence-corrected chi connectivity index (χ0v) is 17.9. The summed E-state index contributed by atoms with van der Waals surface area (Å²) >= 11 is 0. The van der Waals surface area contributed by atoms with Gasteiger partial charge in [-0.25, -0.2) is 19.6 Å². The average molecular weight is 441 g/mol. The number of anilines is 1. The largest absolute Gasteiger partial charge is 0.478 e. The number of pyridine rings is 1. The van der Waals surface area contributed by atoms with Gasteiger partial charge in [-0.15, -0.1) is 0 Å². The Morgan fingerprint density at radius 1 is 0.909 bits per heavy atom. The maximum absolute atomic E-state index is 12.2. The number of hydrogen-bond donors (Lipinski definition) is 3. The van der Waals surface area contributed by atoms with Gasteiger partial charge < -0.3 is 10.4 Å². The Bertz CT molecular complexity index is 1280. The lowest BCUT2D eigenvalue weighted by atomic mass is 10.1. The van der Waals surface area contributed by atoms with Gasteiger partial charge in [0, 0.05) is 12.1 Å². The molecular weight excluding hydrogens is 418 g/mol. The van der Waals surface area contributed by atoms with Gasteiger partial charge in [0.1, 0.15) is 11.3 Å². The lowest BCUT2D eigenvalue weighted by Gasteiger charge is -2.08. The van der Waals surface area contributed by atoms with E-state index in [9.17, 15) is 14.7 Å². The Morgan fingerprint density at radius 3 is 2.58 bits per heavy atom. The molecule has 0 bridgehead atoms. The van der Waals surface area contributed by atoms with Crippen LogP contribution in [0, 0.1) is 0 Å². The highest BCUT2D eigenvalue weighted by Gasteiger charge is 2.09. The van der Waals surface area contributed by atoms with Crippen LogP contribution in [0.4, 0.5) is 10.6 Å². The minimum Gasteiger partial charge on any atom is -0.478 e. The number of aromatic nitrogens is 3. The number of unbranched alkanes of at least 4 members (excludes halogenated alkanes) is 1. The normalized spacial score (nSPS) is 10.7. The van der Waals surface area contributed by atoms with Gasteiger partial charge >= 0.3 is 12.0 Å². The van der Waals surface area contributed by atoms with E-state index in [1.165, 1.54) is 17.7 Å². The maximum Gasteiger partial charge on any atom is 0.335 e. The minimum atomic E-state index is -1.01. The van der Waals surface area contributed by atoms with Gasteiger partial charge in [-0.1, -0.05) is 42.5 Å². The smallest absolute Gasteiger partial charge is 0.335 e. The lowest BCUT2D eigenvalue weighted by molar-refractivity contribution is 0.0697. The van der Waals surface area contributed by atoms with Crippen LogP contribution in [0.2, 0.25) is 0 Å². The molecule has 166 valence electrons. The van der Waals surface area contributed by atoms with Crippen molar-refractivity contribution in [1.82, 2.24) is 20.3 Å². The monoisotopic (exact) mass is 441 g/mol. The summed E-state index contributed by atoms with van der Waals surface area (Å²) in [7, 11) is 0. The van der Waals surface area contributed by atoms with Gasteiger partial charge in [0.25, 0.3) is 0 Å². The molecular formula is C25H23N5O3. The number of benzene rings is 2. The Labute approximate surface area is 190 Å². The lowest BCUT2D eigenvalue weighted by Crippen LogP contribution is -2.29. The number of hydrogen-bond acceptors (Lipinski definition) is 5. The van der Waals surface area contributed by atoms with Crippen LogP contribution >= 0.6 is 0 Å². The van der Waals surface area contributed by atoms with Crippen LogP contribution < -0.4 is 10.6 Å². The average Bonchev–Trinajstić information content (AvgIpc) is 2.84. The Kier molecular flexibility index (Phi) is 6.84. The molecule has 8 heteroatoms. The predicted molar refractivity (Wildman–Crippen MR) is 126 cm³/mol. The number of carboxylic acid groups (broad SMARTS) is 1. The number of aryl methyl sites for hydroxylation is 1. The molecule has 0 fully saturated rings. The highest BCUT2D eigenvalue weighted by atomic mass is 16.4. The molecule has 2 heterocycles. The fraction of sp³-hybridized carbons (Fsp3) is 0.160. The van der Waals surface area contributed by atoms with Crippen molar-refractivity contribution >= 4 is 29.0 Å². The van der Waals surface area contributed by atoms with Crippen molar-refractivity contribution in [3.05, 3.63) is 84.1 Å². The van der Waals surface area contributed by atoms with E-state index in [4.69, 9.17) is 0 Å². The van der Waals surface area contributed by atoms with Crippen molar-refractivity contribution in [3.8, 4) is 11.3 Å². The first-order chi connectivity index (χ1) is 16.1. The van der Waals surface area contributed by atoms with E-state index in [2.05, 4.69) is 37.7 Å². The number of carboxylic acids is 1. The molecule has 8 nitrogen and oxygen atoms in total. The van der Waals surface area contributed by atoms with Crippen molar-refractivity contribution in [2.24, 2.45) is 0 Å². The van der Waals surface area contributed by atoms with Crippen LogP contribution in [-0.2, 0) is 6.42 Å². The summed E-state index contributed by atoms with van der Waals surface area (Å²) in [5, 5.41) is 14.8. The van der Waals surface area contributed by atoms with Crippen molar-refractivity contribution < 1.29 is 14.7 Å². The molecule has 0 radical (unpaired) electrons. The summed E-state index contributed by atoms with van der Waals surface area (Å²) in [5.41, 5.74) is 3.50. The van der Waals surface area contributed by atoms with Gasteiger partial charge in [0.15, 0.2) is 5.65 Å². The number of amides is 2. The van der Waals surface area contributed by atoms with Crippen LogP contribution in [0.1, 0.15) is 28.8 Å². The summed E-state index contributed by atoms with van der Waals surface area (Å²) in [6, 6.07) is 19.8. The second-order valence-corrected chi connectivity index (χ2v) is 7.50. The van der Waals surface area contributed by atoms with Crippen molar-refractivity contribution in [2.75, 3.05) is 11.9 Å². The van der Waals surface area contributed by atoms with Crippen LogP contribution in [0.25, 0.3) is 22.4 Å². The van der Waals surface area contributed by atoms with E-state index in [1.807, 2.05) is 18.2 Å². The molecule has 3 N–H and O–H groups in total. The molecule has 2 amide bonds. The predicted octanol–water partition coefficient (Wildman–Crippen LogP) is 4.53. The number of urea groups is 1. The van der Waals surface area contributed by atoms with Crippen LogP contribution in [0.3, 0.4) is 0 Å². The van der Waals surface area contributed by atoms with Crippen molar-refractivity contribution in [1.29, 1.82) is 0 Å². The molecule has 2 aromatic carbocycles. The second-order valence-electron chi connectivity index (χ2n) is 7.50. The third kappa shape index (κ3) is 5.88. The molecule has 0 aliphatic rings. The fourth-order valence-electron chi connectivity index (χ4n) is 3.38. The maximum atomic E-state index is 12.2. The summed E-state index contributed by atoms with van der Waals surface area (Å²) < 4.78 is 0. The van der Waals surface area contributed by atoms with Gasteiger partial charge in [0.05, 0.1) is 17.5 Å². The van der Waals surface area contributed by atoms with Crippen LogP contribution in [0.5, 0.6) is 0 Å². The first kappa shape index (κ1) is 21.9. The molecule has 0 spiro atoms. The van der Waals surface area contributed by atoms with Crippen LogP contribution in [-0.4, -0.2) is 38.6 Å². The highest BCUT2D eigenvalue weighted by Crippen LogP contribution is 2.20. The third-order valence-corrected chi connectivity index (χ3v) is 5.07. The Morgan fingerprint density at radius 2 is 1.76 bits per heavy atom. The van der Waals surface area contributed by atoms with E-state index in [1.54, 1.807) is 30.5 Å². The number of fused-ring (bicyclic) bond motifs is 1. The molecule has 0 atom stereocenters. The van der Waals surface area contributed by atoms with Gasteiger partial charge in [-0.2, -0.15) is 0 Å². The van der Waals surface area contributed by atoms with Gasteiger partial charge in [-0.05, 0) is 49.1 Å². The molecule has 0 unspecified atom stereocenters. The van der Waals surface area contributed by atoms with Crippen molar-refractivity contribution in [3.63, 3.8) is 0 Å². The number of carbonyl (C=O) groups excluding carboxylic acids is 1. The third-order valence-electron chi connectivity index (χ3n) is 5.07. The summed E-state index contributed by atoms with van der Waals surface area (Å²) in [6.45, 7) is 0.566. The first-order valence-electron chi connectivity index (χ1n) is 10.6. The summed E-state index contributed by atoms with van der Waals surface area (Å²) in [5.74, 6) is -0.656. The van der Waals surface area contributed by atoms with E-state index in [0.717, 1.165) is 19.3 Å². The van der Waals surface area contributed by atoms with Crippen molar-refractivity contribution in [2.45, 2.75) is 19.3 Å². The number of aromatic carboxylic acids is 1. The van der Waals surface area contributed by atoms with Crippen LogP contribution in [0.15, 0.2) is 72.9 Å². The summed E-state index contributed by atoms with van der Waals surface area (Å²) in [6.07, 6.45) is 4.41. The van der Waals surface area contributed by atoms with E-state index >= 15 is 0 Å². The number of nitrogens with one attached hydrogen (secondary N) is 2. The Balaban J connectivity index is 1.35. The van der Waals surface area contributed by atoms with E-state index in [-0.39, 0.29) is 11.6 Å². The molecule has 4 aromatic rings. The number of nitrogens with zero attached hydrogens (tertiary/aromatic N) is 3. The first-order valence-corrected chi connectivity index (χ1v) is 10.6. The molecule has 2 aromatic heterocycles. The number of carbonyl (C=O) groups is 2. The molecule has 0 aliphatic heterocycles. The van der Waals surface area contributed by atoms with Gasteiger partial charge in [-0.3, -0.25) is 10.3 Å². The summed E-state index contributed by atoms with van der Waals surface area (Å²) in [4.78, 5) is 36.7. The van der Waals surface area contributed by atoms with Gasteiger partial charge in [0.2, 0.25) is 0 Å². The molecule has 0 saturated carbocycles. The zero-order chi connectivity index (χ0) is 23.0. The SMILES string of the molecule is O=C(NCCCCc1ccccc1)Nc1ccc2ncc(-c3cccc(C(=O)O)c3)nc2n1. The molecule has 4 rings (SSSR count). The number of rotatable bonds is 8. The standard InChI is InChI=1S/C25H23N5O3/c31-24(32)19-11-6-10-18(15-19)21-16-27-20-12-13-22(29-23(20)28-21)30-25(33)26-14-5-4-9-17-7-2-1-3-8-17/h1-3,6-8,10-13,15-16H,4-5,9,14H2,(H,31,32)(H2,26,28,29,30,33). The molecule has 33 heavy (non-hydrogen) atoms.